The maximum atomic E-state index is 6.38. The molecule has 1 aliphatic heterocycles. The van der Waals surface area contributed by atoms with Gasteiger partial charge in [-0.2, -0.15) is 5.10 Å². The molecule has 0 bridgehead atoms. The molecule has 158 valence electrons. The second-order valence-corrected chi connectivity index (χ2v) is 9.61. The summed E-state index contributed by atoms with van der Waals surface area (Å²) >= 11 is 0. The van der Waals surface area contributed by atoms with Crippen LogP contribution in [0.1, 0.15) is 40.0 Å². The van der Waals surface area contributed by atoms with Crippen LogP contribution in [-0.2, 0) is 10.3 Å². The highest BCUT2D eigenvalue weighted by atomic mass is 16.6. The number of rotatable bonds is 4. The van der Waals surface area contributed by atoms with Crippen LogP contribution in [0.25, 0.3) is 22.0 Å². The Balaban J connectivity index is 1.42. The van der Waals surface area contributed by atoms with Crippen molar-refractivity contribution in [3.05, 3.63) is 42.9 Å². The summed E-state index contributed by atoms with van der Waals surface area (Å²) in [7, 11) is 0. The molecule has 1 spiro atoms. The predicted molar refractivity (Wildman–Crippen MR) is 118 cm³/mol. The number of hydrogen-bond donors (Lipinski definition) is 1. The lowest BCUT2D eigenvalue weighted by Crippen LogP contribution is -2.58. The lowest BCUT2D eigenvalue weighted by molar-refractivity contribution is -0.164. The molecule has 3 aromatic rings. The predicted octanol–water partition coefficient (Wildman–Crippen LogP) is 4.14. The van der Waals surface area contributed by atoms with Gasteiger partial charge in [-0.1, -0.05) is 0 Å². The number of aromatic nitrogens is 3. The van der Waals surface area contributed by atoms with E-state index in [0.717, 1.165) is 53.7 Å². The van der Waals surface area contributed by atoms with E-state index >= 15 is 0 Å². The van der Waals surface area contributed by atoms with Crippen LogP contribution >= 0.6 is 0 Å². The fraction of sp³-hybridized carbons (Fsp3) is 0.500. The highest BCUT2D eigenvalue weighted by Gasteiger charge is 2.42. The zero-order chi connectivity index (χ0) is 20.8. The van der Waals surface area contributed by atoms with E-state index in [1.54, 1.807) is 0 Å². The van der Waals surface area contributed by atoms with E-state index in [1.807, 2.05) is 23.1 Å². The second kappa shape index (κ2) is 7.36. The standard InChI is InChI=1S/C24H30N4O2/c1-23(2,3)28-14-18(12-27-28)17-10-21-20(6-4-9-26-21)22(11-17)29-15-19-13-25-16-24(30-19)7-5-8-24/h4,6,9-12,14,19,25H,5,7-8,13,15-16H2,1-3H3/t19-/m0/s1. The van der Waals surface area contributed by atoms with Gasteiger partial charge in [-0.15, -0.1) is 0 Å². The summed E-state index contributed by atoms with van der Waals surface area (Å²) in [6.07, 6.45) is 9.44. The van der Waals surface area contributed by atoms with Crippen LogP contribution in [0.4, 0.5) is 0 Å². The number of morpholine rings is 1. The van der Waals surface area contributed by atoms with Gasteiger partial charge in [0, 0.05) is 36.4 Å². The third-order valence-corrected chi connectivity index (χ3v) is 6.21. The summed E-state index contributed by atoms with van der Waals surface area (Å²) in [5.41, 5.74) is 3.03. The Morgan fingerprint density at radius 1 is 1.27 bits per heavy atom. The van der Waals surface area contributed by atoms with Gasteiger partial charge >= 0.3 is 0 Å². The Labute approximate surface area is 177 Å². The highest BCUT2D eigenvalue weighted by molar-refractivity contribution is 5.89. The molecule has 3 heterocycles. The number of pyridine rings is 1. The van der Waals surface area contributed by atoms with E-state index in [0.29, 0.717) is 6.61 Å². The van der Waals surface area contributed by atoms with E-state index in [1.165, 1.54) is 6.42 Å². The van der Waals surface area contributed by atoms with Gasteiger partial charge < -0.3 is 14.8 Å². The van der Waals surface area contributed by atoms with Crippen molar-refractivity contribution in [2.75, 3.05) is 19.7 Å². The zero-order valence-corrected chi connectivity index (χ0v) is 18.0. The first kappa shape index (κ1) is 19.5. The molecule has 30 heavy (non-hydrogen) atoms. The lowest BCUT2D eigenvalue weighted by Gasteiger charge is -2.47. The zero-order valence-electron chi connectivity index (χ0n) is 18.0. The van der Waals surface area contributed by atoms with Crippen molar-refractivity contribution < 1.29 is 9.47 Å². The molecule has 5 rings (SSSR count). The van der Waals surface area contributed by atoms with E-state index in [2.05, 4.69) is 60.6 Å². The topological polar surface area (TPSA) is 61.2 Å². The Bertz CT molecular complexity index is 1050. The van der Waals surface area contributed by atoms with Gasteiger partial charge in [-0.05, 0) is 69.9 Å². The van der Waals surface area contributed by atoms with Gasteiger partial charge in [0.1, 0.15) is 18.5 Å². The van der Waals surface area contributed by atoms with Crippen LogP contribution in [0, 0.1) is 0 Å². The molecule has 6 heteroatoms. The molecule has 1 atom stereocenters. The molecule has 2 aliphatic rings. The highest BCUT2D eigenvalue weighted by Crippen LogP contribution is 2.38. The maximum Gasteiger partial charge on any atom is 0.129 e. The molecule has 2 aromatic heterocycles. The fourth-order valence-corrected chi connectivity index (χ4v) is 4.31. The number of nitrogens with zero attached hydrogens (tertiary/aromatic N) is 3. The molecule has 1 saturated heterocycles. The van der Waals surface area contributed by atoms with Gasteiger partial charge in [0.2, 0.25) is 0 Å². The van der Waals surface area contributed by atoms with Crippen molar-refractivity contribution in [1.29, 1.82) is 0 Å². The summed E-state index contributed by atoms with van der Waals surface area (Å²) in [5.74, 6) is 0.843. The average molecular weight is 407 g/mol. The largest absolute Gasteiger partial charge is 0.490 e. The van der Waals surface area contributed by atoms with E-state index in [-0.39, 0.29) is 17.2 Å². The summed E-state index contributed by atoms with van der Waals surface area (Å²) < 4.78 is 14.7. The minimum atomic E-state index is -0.0600. The number of hydrogen-bond acceptors (Lipinski definition) is 5. The first-order chi connectivity index (χ1) is 14.4. The van der Waals surface area contributed by atoms with Crippen LogP contribution < -0.4 is 10.1 Å². The Morgan fingerprint density at radius 2 is 2.13 bits per heavy atom. The van der Waals surface area contributed by atoms with Gasteiger partial charge in [-0.3, -0.25) is 9.67 Å². The third kappa shape index (κ3) is 3.70. The molecule has 1 saturated carbocycles. The molecule has 1 aromatic carbocycles. The van der Waals surface area contributed by atoms with Crippen molar-refractivity contribution in [3.8, 4) is 16.9 Å². The number of benzene rings is 1. The number of ether oxygens (including phenoxy) is 2. The molecular weight excluding hydrogens is 376 g/mol. The van der Waals surface area contributed by atoms with Gasteiger partial charge in [-0.25, -0.2) is 0 Å². The van der Waals surface area contributed by atoms with Crippen LogP contribution in [0.15, 0.2) is 42.9 Å². The number of nitrogens with one attached hydrogen (secondary N) is 1. The first-order valence-electron chi connectivity index (χ1n) is 10.9. The maximum absolute atomic E-state index is 6.38. The Hall–Kier alpha value is -2.44. The van der Waals surface area contributed by atoms with Gasteiger partial charge in [0.25, 0.3) is 0 Å². The molecule has 0 radical (unpaired) electrons. The smallest absolute Gasteiger partial charge is 0.129 e. The number of fused-ring (bicyclic) bond motifs is 1. The average Bonchev–Trinajstić information content (AvgIpc) is 3.22. The van der Waals surface area contributed by atoms with Crippen LogP contribution in [0.3, 0.4) is 0 Å². The van der Waals surface area contributed by atoms with Gasteiger partial charge in [0.15, 0.2) is 0 Å². The van der Waals surface area contributed by atoms with Crippen LogP contribution in [0.2, 0.25) is 0 Å². The lowest BCUT2D eigenvalue weighted by atomic mass is 9.79. The molecule has 1 N–H and O–H groups in total. The summed E-state index contributed by atoms with van der Waals surface area (Å²) in [4.78, 5) is 4.57. The van der Waals surface area contributed by atoms with Crippen molar-refractivity contribution in [3.63, 3.8) is 0 Å². The SMILES string of the molecule is CC(C)(C)n1cc(-c2cc(OC[C@@H]3CNCC4(CCC4)O3)c3cccnc3c2)cn1. The normalized spacial score (nSPS) is 21.0. The van der Waals surface area contributed by atoms with Crippen LogP contribution in [-0.4, -0.2) is 46.2 Å². The van der Waals surface area contributed by atoms with E-state index < -0.39 is 0 Å². The van der Waals surface area contributed by atoms with Gasteiger partial charge in [0.05, 0.1) is 22.9 Å². The molecule has 0 unspecified atom stereocenters. The molecule has 2 fully saturated rings. The van der Waals surface area contributed by atoms with E-state index in [4.69, 9.17) is 9.47 Å². The minimum absolute atomic E-state index is 0.0410. The van der Waals surface area contributed by atoms with Crippen LogP contribution in [0.5, 0.6) is 5.75 Å². The molecular formula is C24H30N4O2. The minimum Gasteiger partial charge on any atom is -0.490 e. The van der Waals surface area contributed by atoms with Crippen molar-refractivity contribution in [1.82, 2.24) is 20.1 Å². The van der Waals surface area contributed by atoms with E-state index in [9.17, 15) is 0 Å². The summed E-state index contributed by atoms with van der Waals surface area (Å²) in [6, 6.07) is 8.22. The first-order valence-corrected chi connectivity index (χ1v) is 10.9. The monoisotopic (exact) mass is 406 g/mol. The van der Waals surface area contributed by atoms with Crippen molar-refractivity contribution in [2.45, 2.75) is 57.3 Å². The Kier molecular flexibility index (Phi) is 4.79. The third-order valence-electron chi connectivity index (χ3n) is 6.21. The second-order valence-electron chi connectivity index (χ2n) is 9.61. The molecule has 1 aliphatic carbocycles. The quantitative estimate of drug-likeness (QED) is 0.705. The van der Waals surface area contributed by atoms with Crippen molar-refractivity contribution in [2.24, 2.45) is 0 Å². The summed E-state index contributed by atoms with van der Waals surface area (Å²) in [6.45, 7) is 8.76. The molecule has 6 nitrogen and oxygen atoms in total. The fourth-order valence-electron chi connectivity index (χ4n) is 4.31. The summed E-state index contributed by atoms with van der Waals surface area (Å²) in [5, 5.41) is 9.10. The Morgan fingerprint density at radius 3 is 2.87 bits per heavy atom. The molecule has 0 amide bonds. The van der Waals surface area contributed by atoms with Crippen molar-refractivity contribution >= 4 is 10.9 Å².